The lowest BCUT2D eigenvalue weighted by Crippen LogP contribution is -2.39. The second-order valence-corrected chi connectivity index (χ2v) is 10.3. The summed E-state index contributed by atoms with van der Waals surface area (Å²) in [6, 6.07) is 7.55. The van der Waals surface area contributed by atoms with Gasteiger partial charge >= 0.3 is 6.01 Å². The summed E-state index contributed by atoms with van der Waals surface area (Å²) < 4.78 is 51.4. The van der Waals surface area contributed by atoms with Gasteiger partial charge in [-0.15, -0.1) is 6.42 Å². The highest BCUT2D eigenvalue weighted by atomic mass is 19.1. The first-order valence-electron chi connectivity index (χ1n) is 14.4. The largest absolute Gasteiger partial charge is 0.467 e. The van der Waals surface area contributed by atoms with E-state index in [0.717, 1.165) is 6.08 Å². The van der Waals surface area contributed by atoms with E-state index in [1.165, 1.54) is 30.3 Å². The molecular formula is C34H30F3N7O2. The molecule has 1 aliphatic heterocycles. The number of amides is 1. The minimum atomic E-state index is -0.988. The van der Waals surface area contributed by atoms with Crippen LogP contribution in [0.3, 0.4) is 0 Å². The number of carbonyl (C=O) groups is 1. The first kappa shape index (κ1) is 31.8. The van der Waals surface area contributed by atoms with Crippen LogP contribution in [0.5, 0.6) is 6.01 Å². The molecule has 0 aliphatic carbocycles. The number of hydrogen-bond acceptors (Lipinski definition) is 8. The van der Waals surface area contributed by atoms with Gasteiger partial charge in [0.1, 0.15) is 22.8 Å². The van der Waals surface area contributed by atoms with Gasteiger partial charge in [-0.1, -0.05) is 36.3 Å². The van der Waals surface area contributed by atoms with Crippen LogP contribution in [0, 0.1) is 24.0 Å². The van der Waals surface area contributed by atoms with Crippen LogP contribution in [0.25, 0.3) is 32.9 Å². The van der Waals surface area contributed by atoms with Gasteiger partial charge in [-0.05, 0) is 37.8 Å². The monoisotopic (exact) mass is 625 g/mol. The number of fused-ring (bicyclic) bond motifs is 2. The molecule has 0 bridgehead atoms. The molecular weight excluding hydrogens is 595 g/mol. The third-order valence-corrected chi connectivity index (χ3v) is 7.73. The zero-order valence-corrected chi connectivity index (χ0v) is 25.5. The maximum atomic E-state index is 16.4. The van der Waals surface area contributed by atoms with Gasteiger partial charge in [0.05, 0.1) is 23.8 Å². The van der Waals surface area contributed by atoms with Gasteiger partial charge in [-0.2, -0.15) is 20.2 Å². The molecule has 0 N–H and O–H groups in total. The fourth-order valence-corrected chi connectivity index (χ4v) is 5.68. The number of halogens is 3. The number of anilines is 1. The Balaban J connectivity index is 1.54. The van der Waals surface area contributed by atoms with E-state index in [0.29, 0.717) is 40.5 Å². The molecule has 0 saturated carbocycles. The topological polar surface area (TPSA) is 96.2 Å². The van der Waals surface area contributed by atoms with Crippen molar-refractivity contribution in [3.8, 4) is 29.6 Å². The summed E-state index contributed by atoms with van der Waals surface area (Å²) in [5.41, 5.74) is 0.325. The van der Waals surface area contributed by atoms with Crippen LogP contribution >= 0.6 is 0 Å². The first-order chi connectivity index (χ1) is 22.3. The molecule has 5 rings (SSSR count). The maximum absolute atomic E-state index is 16.4. The van der Waals surface area contributed by atoms with Gasteiger partial charge in [-0.3, -0.25) is 9.78 Å². The molecule has 234 valence electrons. The lowest BCUT2D eigenvalue weighted by atomic mass is 9.96. The average Bonchev–Trinajstić information content (AvgIpc) is 3.55. The second kappa shape index (κ2) is 13.6. The molecule has 9 nitrogen and oxygen atoms in total. The third kappa shape index (κ3) is 5.91. The highest BCUT2D eigenvalue weighted by molar-refractivity contribution is 6.08. The Morgan fingerprint density at radius 1 is 1.28 bits per heavy atom. The van der Waals surface area contributed by atoms with Crippen LogP contribution in [0.15, 0.2) is 70.8 Å². The number of ether oxygens (including phenoxy) is 1. The van der Waals surface area contributed by atoms with Crippen molar-refractivity contribution in [3.05, 3.63) is 77.8 Å². The van der Waals surface area contributed by atoms with Crippen molar-refractivity contribution >= 4 is 45.8 Å². The summed E-state index contributed by atoms with van der Waals surface area (Å²) in [6.07, 6.45) is 11.7. The summed E-state index contributed by atoms with van der Waals surface area (Å²) in [4.78, 5) is 29.5. The number of likely N-dealkylation sites (tertiary alicyclic amines) is 1. The number of rotatable bonds is 9. The number of carbonyl (C=O) groups excluding carboxylic acids is 1. The van der Waals surface area contributed by atoms with Crippen LogP contribution < -0.4 is 9.64 Å². The number of allylic oxidation sites excluding steroid dienone is 3. The minimum absolute atomic E-state index is 0.00170. The molecule has 3 heterocycles. The average molecular weight is 626 g/mol. The van der Waals surface area contributed by atoms with Crippen molar-refractivity contribution in [1.82, 2.24) is 19.9 Å². The van der Waals surface area contributed by atoms with Crippen LogP contribution in [-0.4, -0.2) is 71.0 Å². The van der Waals surface area contributed by atoms with E-state index in [9.17, 15) is 13.6 Å². The molecule has 1 atom stereocenters. The van der Waals surface area contributed by atoms with Crippen molar-refractivity contribution in [3.63, 3.8) is 0 Å². The molecule has 1 unspecified atom stereocenters. The first-order valence-corrected chi connectivity index (χ1v) is 14.4. The number of pyridine rings is 1. The predicted molar refractivity (Wildman–Crippen MR) is 174 cm³/mol. The van der Waals surface area contributed by atoms with Crippen LogP contribution in [0.2, 0.25) is 0 Å². The number of nitrogens with zero attached hydrogens (tertiary/aromatic N) is 7. The Bertz CT molecular complexity index is 1980. The zero-order valence-electron chi connectivity index (χ0n) is 25.5. The van der Waals surface area contributed by atoms with E-state index < -0.39 is 23.4 Å². The number of likely N-dealkylation sites (N-methyl/N-ethyl adjacent to an activating group) is 1. The molecule has 1 aliphatic rings. The normalized spacial score (nSPS) is 15.5. The van der Waals surface area contributed by atoms with Gasteiger partial charge in [0.2, 0.25) is 0 Å². The molecule has 2 aromatic heterocycles. The number of aromatic nitrogens is 3. The van der Waals surface area contributed by atoms with Crippen LogP contribution in [-0.2, 0) is 4.79 Å². The summed E-state index contributed by atoms with van der Waals surface area (Å²) >= 11 is 0. The van der Waals surface area contributed by atoms with Crippen molar-refractivity contribution in [2.45, 2.75) is 26.3 Å². The van der Waals surface area contributed by atoms with Crippen molar-refractivity contribution in [1.29, 1.82) is 0 Å². The minimum Gasteiger partial charge on any atom is -0.467 e. The summed E-state index contributed by atoms with van der Waals surface area (Å²) in [7, 11) is 1.37. The summed E-state index contributed by atoms with van der Waals surface area (Å²) in [5, 5.41) is 8.41. The number of methoxy groups -OCH3 is 1. The van der Waals surface area contributed by atoms with Gasteiger partial charge < -0.3 is 14.5 Å². The molecule has 4 aromatic rings. The fraction of sp³-hybridized carbons (Fsp3) is 0.235. The molecule has 1 fully saturated rings. The van der Waals surface area contributed by atoms with Crippen LogP contribution in [0.1, 0.15) is 25.8 Å². The molecule has 2 aromatic carbocycles. The van der Waals surface area contributed by atoms with Gasteiger partial charge in [0, 0.05) is 55.6 Å². The van der Waals surface area contributed by atoms with E-state index in [1.54, 1.807) is 37.3 Å². The van der Waals surface area contributed by atoms with Crippen molar-refractivity contribution in [2.24, 2.45) is 10.2 Å². The predicted octanol–water partition coefficient (Wildman–Crippen LogP) is 6.03. The fourth-order valence-electron chi connectivity index (χ4n) is 5.68. The SMILES string of the molecule is C#Cc1c(F)ccc2cccc(-c3ncc4c(N(CC)C5CCN(C(=O)/C(F)=C/C(/C=C\C)=N/N=C)C5)nc(OC)nc4c3F)c12. The van der Waals surface area contributed by atoms with Gasteiger partial charge in [-0.25, -0.2) is 13.2 Å². The Labute approximate surface area is 263 Å². The van der Waals surface area contributed by atoms with E-state index in [1.807, 2.05) is 11.8 Å². The maximum Gasteiger partial charge on any atom is 0.318 e. The number of hydrogen-bond donors (Lipinski definition) is 0. The molecule has 0 spiro atoms. The molecule has 1 amide bonds. The third-order valence-electron chi connectivity index (χ3n) is 7.73. The van der Waals surface area contributed by atoms with E-state index in [2.05, 4.69) is 37.8 Å². The molecule has 0 radical (unpaired) electrons. The van der Waals surface area contributed by atoms with Crippen LogP contribution in [0.4, 0.5) is 19.0 Å². The Morgan fingerprint density at radius 2 is 2.09 bits per heavy atom. The molecule has 1 saturated heterocycles. The van der Waals surface area contributed by atoms with E-state index in [4.69, 9.17) is 11.2 Å². The van der Waals surface area contributed by atoms with Crippen molar-refractivity contribution < 1.29 is 22.7 Å². The van der Waals surface area contributed by atoms with Gasteiger partial charge in [0.25, 0.3) is 5.91 Å². The Morgan fingerprint density at radius 3 is 2.78 bits per heavy atom. The molecule has 46 heavy (non-hydrogen) atoms. The quantitative estimate of drug-likeness (QED) is 0.0977. The standard InChI is InChI=1S/C34H30F3N7O2/c1-6-10-21(42-38-4)17-27(36)33(45)43-16-15-22(19-43)44(8-3)32-25-18-39-30(29(37)31(25)40-34(41-32)46-5)24-12-9-11-20-13-14-26(35)23(7-2)28(20)24/h2,6,9-14,17-18,22H,4,8,15-16,19H2,1,3,5H3/b10-6-,27-17-,42-21+. The smallest absolute Gasteiger partial charge is 0.318 e. The van der Waals surface area contributed by atoms with E-state index in [-0.39, 0.29) is 47.6 Å². The Kier molecular flexibility index (Phi) is 9.42. The lowest BCUT2D eigenvalue weighted by Gasteiger charge is -2.30. The number of benzene rings is 2. The highest BCUT2D eigenvalue weighted by Crippen LogP contribution is 2.37. The lowest BCUT2D eigenvalue weighted by molar-refractivity contribution is -0.127. The van der Waals surface area contributed by atoms with Gasteiger partial charge in [0.15, 0.2) is 11.6 Å². The van der Waals surface area contributed by atoms with Crippen molar-refractivity contribution in [2.75, 3.05) is 31.6 Å². The molecule has 12 heteroatoms. The summed E-state index contributed by atoms with van der Waals surface area (Å²) in [5.74, 6) is -0.433. The highest BCUT2D eigenvalue weighted by Gasteiger charge is 2.34. The summed E-state index contributed by atoms with van der Waals surface area (Å²) in [6.45, 7) is 7.76. The zero-order chi connectivity index (χ0) is 33.0. The second-order valence-electron chi connectivity index (χ2n) is 10.3. The number of terminal acetylenes is 1. The van der Waals surface area contributed by atoms with E-state index >= 15 is 4.39 Å². The Hall–Kier alpha value is -5.57.